The normalized spacial score (nSPS) is 17.8. The number of carbonyl (C=O) groups excluding carboxylic acids is 2. The van der Waals surface area contributed by atoms with Crippen molar-refractivity contribution in [1.82, 2.24) is 10.6 Å². The topological polar surface area (TPSA) is 67.4 Å². The van der Waals surface area contributed by atoms with Crippen molar-refractivity contribution in [2.75, 3.05) is 26.7 Å². The average Bonchev–Trinajstić information content (AvgIpc) is 2.98. The highest BCUT2D eigenvalue weighted by Gasteiger charge is 2.15. The molecule has 0 spiro atoms. The van der Waals surface area contributed by atoms with Crippen molar-refractivity contribution in [2.45, 2.75) is 12.8 Å². The van der Waals surface area contributed by atoms with Gasteiger partial charge in [0, 0.05) is 6.54 Å². The lowest BCUT2D eigenvalue weighted by molar-refractivity contribution is -0.120. The summed E-state index contributed by atoms with van der Waals surface area (Å²) < 4.78 is 4.66. The van der Waals surface area contributed by atoms with E-state index in [0.717, 1.165) is 25.1 Å². The number of hydrogen-bond donors (Lipinski definition) is 2. The van der Waals surface area contributed by atoms with Gasteiger partial charge < -0.3 is 15.4 Å². The number of hydrogen-bond acceptors (Lipinski definition) is 4. The highest BCUT2D eigenvalue weighted by Crippen LogP contribution is 2.08. The number of esters is 1. The van der Waals surface area contributed by atoms with Crippen LogP contribution in [0.3, 0.4) is 0 Å². The summed E-state index contributed by atoms with van der Waals surface area (Å²) in [5.41, 5.74) is 1.28. The molecular weight excluding hydrogens is 256 g/mol. The molecule has 5 nitrogen and oxygen atoms in total. The lowest BCUT2D eigenvalue weighted by Crippen LogP contribution is -2.31. The van der Waals surface area contributed by atoms with Gasteiger partial charge in [-0.05, 0) is 43.1 Å². The third kappa shape index (κ3) is 4.06. The van der Waals surface area contributed by atoms with Crippen molar-refractivity contribution in [2.24, 2.45) is 5.92 Å². The molecule has 1 aliphatic rings. The molecule has 1 fully saturated rings. The molecule has 1 unspecified atom stereocenters. The van der Waals surface area contributed by atoms with Crippen molar-refractivity contribution in [3.63, 3.8) is 0 Å². The molecule has 0 saturated carbocycles. The molecule has 0 radical (unpaired) electrons. The number of methoxy groups -OCH3 is 1. The third-order valence-corrected chi connectivity index (χ3v) is 3.46. The van der Waals surface area contributed by atoms with E-state index in [2.05, 4.69) is 15.4 Å². The van der Waals surface area contributed by atoms with Crippen LogP contribution in [0.1, 0.15) is 22.3 Å². The standard InChI is InChI=1S/C15H20N2O3/c1-20-15(19)13-4-2-3-11(7-13)8-14(18)17-10-12-5-6-16-9-12/h2-4,7,12,16H,5-6,8-10H2,1H3,(H,17,18). The Morgan fingerprint density at radius 2 is 2.30 bits per heavy atom. The molecule has 1 aliphatic heterocycles. The quantitative estimate of drug-likeness (QED) is 0.779. The predicted molar refractivity (Wildman–Crippen MR) is 75.5 cm³/mol. The average molecular weight is 276 g/mol. The molecule has 0 bridgehead atoms. The summed E-state index contributed by atoms with van der Waals surface area (Å²) in [6.07, 6.45) is 1.39. The van der Waals surface area contributed by atoms with Crippen LogP contribution in [0.15, 0.2) is 24.3 Å². The molecule has 20 heavy (non-hydrogen) atoms. The van der Waals surface area contributed by atoms with Crippen LogP contribution in [0.25, 0.3) is 0 Å². The summed E-state index contributed by atoms with van der Waals surface area (Å²) in [5.74, 6) is 0.128. The molecule has 1 heterocycles. The Hall–Kier alpha value is -1.88. The molecular formula is C15H20N2O3. The van der Waals surface area contributed by atoms with Crippen LogP contribution in [0.5, 0.6) is 0 Å². The van der Waals surface area contributed by atoms with Gasteiger partial charge in [0.2, 0.25) is 5.91 Å². The lowest BCUT2D eigenvalue weighted by Gasteiger charge is -2.10. The zero-order valence-corrected chi connectivity index (χ0v) is 11.6. The maximum atomic E-state index is 11.9. The van der Waals surface area contributed by atoms with Crippen molar-refractivity contribution in [3.8, 4) is 0 Å². The van der Waals surface area contributed by atoms with Crippen LogP contribution in [-0.4, -0.2) is 38.6 Å². The molecule has 5 heteroatoms. The maximum Gasteiger partial charge on any atom is 0.337 e. The molecule has 0 aliphatic carbocycles. The van der Waals surface area contributed by atoms with Crippen LogP contribution in [0, 0.1) is 5.92 Å². The number of benzene rings is 1. The summed E-state index contributed by atoms with van der Waals surface area (Å²) in [4.78, 5) is 23.3. The van der Waals surface area contributed by atoms with Crippen LogP contribution >= 0.6 is 0 Å². The minimum absolute atomic E-state index is 0.0149. The monoisotopic (exact) mass is 276 g/mol. The Balaban J connectivity index is 1.85. The smallest absolute Gasteiger partial charge is 0.337 e. The van der Waals surface area contributed by atoms with Crippen LogP contribution < -0.4 is 10.6 Å². The molecule has 1 aromatic carbocycles. The van der Waals surface area contributed by atoms with Crippen molar-refractivity contribution in [1.29, 1.82) is 0 Å². The number of carbonyl (C=O) groups is 2. The van der Waals surface area contributed by atoms with Crippen LogP contribution in [0.2, 0.25) is 0 Å². The van der Waals surface area contributed by atoms with Gasteiger partial charge in [-0.15, -0.1) is 0 Å². The zero-order chi connectivity index (χ0) is 14.4. The van der Waals surface area contributed by atoms with Crippen molar-refractivity contribution >= 4 is 11.9 Å². The molecule has 2 rings (SSSR count). The first-order valence-electron chi connectivity index (χ1n) is 6.83. The Morgan fingerprint density at radius 1 is 1.45 bits per heavy atom. The van der Waals surface area contributed by atoms with Gasteiger partial charge in [-0.3, -0.25) is 4.79 Å². The highest BCUT2D eigenvalue weighted by atomic mass is 16.5. The minimum atomic E-state index is -0.385. The van der Waals surface area contributed by atoms with E-state index in [9.17, 15) is 9.59 Å². The second-order valence-corrected chi connectivity index (χ2v) is 5.03. The van der Waals surface area contributed by atoms with E-state index in [0.29, 0.717) is 18.0 Å². The highest BCUT2D eigenvalue weighted by molar-refractivity contribution is 5.90. The number of ether oxygens (including phenoxy) is 1. The van der Waals surface area contributed by atoms with Gasteiger partial charge in [0.05, 0.1) is 19.1 Å². The predicted octanol–water partition coefficient (Wildman–Crippen LogP) is 0.741. The SMILES string of the molecule is COC(=O)c1cccc(CC(=O)NCC2CCNC2)c1. The first kappa shape index (κ1) is 14.5. The number of amides is 1. The second kappa shape index (κ2) is 7.05. The summed E-state index contributed by atoms with van der Waals surface area (Å²) in [5, 5.41) is 6.21. The van der Waals surface area contributed by atoms with Gasteiger partial charge in [0.25, 0.3) is 0 Å². The summed E-state index contributed by atoms with van der Waals surface area (Å²) in [6.45, 7) is 2.71. The van der Waals surface area contributed by atoms with Crippen molar-refractivity contribution < 1.29 is 14.3 Å². The minimum Gasteiger partial charge on any atom is -0.465 e. The van der Waals surface area contributed by atoms with E-state index in [4.69, 9.17) is 0 Å². The maximum absolute atomic E-state index is 11.9. The van der Waals surface area contributed by atoms with Gasteiger partial charge in [-0.1, -0.05) is 12.1 Å². The van der Waals surface area contributed by atoms with E-state index < -0.39 is 0 Å². The molecule has 0 aromatic heterocycles. The molecule has 1 atom stereocenters. The fourth-order valence-electron chi connectivity index (χ4n) is 2.32. The van der Waals surface area contributed by atoms with Crippen molar-refractivity contribution in [3.05, 3.63) is 35.4 Å². The fraction of sp³-hybridized carbons (Fsp3) is 0.467. The molecule has 1 saturated heterocycles. The molecule has 108 valence electrons. The van der Waals surface area contributed by atoms with E-state index >= 15 is 0 Å². The van der Waals surface area contributed by atoms with Gasteiger partial charge in [-0.2, -0.15) is 0 Å². The second-order valence-electron chi connectivity index (χ2n) is 5.03. The summed E-state index contributed by atoms with van der Waals surface area (Å²) in [7, 11) is 1.34. The molecule has 1 amide bonds. The van der Waals surface area contributed by atoms with Gasteiger partial charge >= 0.3 is 5.97 Å². The first-order chi connectivity index (χ1) is 9.69. The molecule has 2 N–H and O–H groups in total. The van der Waals surface area contributed by atoms with Gasteiger partial charge in [0.1, 0.15) is 0 Å². The Kier molecular flexibility index (Phi) is 5.12. The Bertz CT molecular complexity index is 482. The van der Waals surface area contributed by atoms with Gasteiger partial charge in [-0.25, -0.2) is 4.79 Å². The van der Waals surface area contributed by atoms with Crippen LogP contribution in [-0.2, 0) is 16.0 Å². The number of rotatable bonds is 5. The van der Waals surface area contributed by atoms with E-state index in [1.165, 1.54) is 7.11 Å². The number of nitrogens with one attached hydrogen (secondary N) is 2. The zero-order valence-electron chi connectivity index (χ0n) is 11.6. The Morgan fingerprint density at radius 3 is 3.00 bits per heavy atom. The third-order valence-electron chi connectivity index (χ3n) is 3.46. The van der Waals surface area contributed by atoms with E-state index in [1.807, 2.05) is 6.07 Å². The fourth-order valence-corrected chi connectivity index (χ4v) is 2.32. The molecule has 1 aromatic rings. The van der Waals surface area contributed by atoms with E-state index in [-0.39, 0.29) is 18.3 Å². The largest absolute Gasteiger partial charge is 0.465 e. The Labute approximate surface area is 118 Å². The summed E-state index contributed by atoms with van der Waals surface area (Å²) >= 11 is 0. The lowest BCUT2D eigenvalue weighted by atomic mass is 10.1. The van der Waals surface area contributed by atoms with E-state index in [1.54, 1.807) is 18.2 Å². The summed E-state index contributed by atoms with van der Waals surface area (Å²) in [6, 6.07) is 6.97. The van der Waals surface area contributed by atoms with Crippen LogP contribution in [0.4, 0.5) is 0 Å². The first-order valence-corrected chi connectivity index (χ1v) is 6.83. The van der Waals surface area contributed by atoms with Gasteiger partial charge in [0.15, 0.2) is 0 Å².